The number of aliphatic hydroxyl groups excluding tert-OH is 1. The van der Waals surface area contributed by atoms with Crippen LogP contribution in [0, 0.1) is 5.92 Å². The SMILES string of the molecule is COc1ccc(S(=O)(=O)Nc2ccc3c(c2)C(=O)N([C@@H](C)CO)C[C@H](C)[C@@H](CN(C)C(=O)Nc2cccc4ccccc24)OCCCC[C@H](C)O3)cc1. The number of nitrogens with one attached hydrogen (secondary N) is 2. The molecule has 284 valence electrons. The molecule has 3 N–H and O–H groups in total. The van der Waals surface area contributed by atoms with Crippen molar-refractivity contribution in [2.45, 2.75) is 63.2 Å². The van der Waals surface area contributed by atoms with Crippen LogP contribution in [0.15, 0.2) is 89.8 Å². The predicted octanol–water partition coefficient (Wildman–Crippen LogP) is 6.61. The van der Waals surface area contributed by atoms with Gasteiger partial charge in [0.15, 0.2) is 0 Å². The molecule has 0 fully saturated rings. The third-order valence-corrected chi connectivity index (χ3v) is 10.9. The summed E-state index contributed by atoms with van der Waals surface area (Å²) in [4.78, 5) is 31.1. The number of hydrogen-bond donors (Lipinski definition) is 3. The van der Waals surface area contributed by atoms with E-state index in [1.54, 1.807) is 48.0 Å². The van der Waals surface area contributed by atoms with Crippen molar-refractivity contribution in [1.29, 1.82) is 0 Å². The van der Waals surface area contributed by atoms with Gasteiger partial charge in [0.05, 0.1) is 48.1 Å². The summed E-state index contributed by atoms with van der Waals surface area (Å²) in [6.45, 7) is 6.19. The Balaban J connectivity index is 1.40. The monoisotopic (exact) mass is 746 g/mol. The van der Waals surface area contributed by atoms with Crippen LogP contribution in [-0.2, 0) is 14.8 Å². The average molecular weight is 747 g/mol. The summed E-state index contributed by atoms with van der Waals surface area (Å²) >= 11 is 0. The van der Waals surface area contributed by atoms with Crippen molar-refractivity contribution in [1.82, 2.24) is 9.80 Å². The number of carbonyl (C=O) groups is 2. The molecule has 4 atom stereocenters. The van der Waals surface area contributed by atoms with Gasteiger partial charge in [0, 0.05) is 43.7 Å². The molecule has 0 bridgehead atoms. The lowest BCUT2D eigenvalue weighted by molar-refractivity contribution is -0.0115. The van der Waals surface area contributed by atoms with E-state index in [0.29, 0.717) is 30.2 Å². The molecule has 0 unspecified atom stereocenters. The number of urea groups is 1. The normalized spacial score (nSPS) is 19.3. The zero-order chi connectivity index (χ0) is 38.1. The Kier molecular flexibility index (Phi) is 13.2. The molecule has 4 aromatic carbocycles. The van der Waals surface area contributed by atoms with Crippen LogP contribution < -0.4 is 19.5 Å². The van der Waals surface area contributed by atoms with Gasteiger partial charge in [-0.1, -0.05) is 43.3 Å². The molecular weight excluding hydrogens is 697 g/mol. The molecule has 1 aliphatic heterocycles. The average Bonchev–Trinajstić information content (AvgIpc) is 3.15. The number of likely N-dealkylation sites (N-methyl/N-ethyl adjacent to an activating group) is 1. The van der Waals surface area contributed by atoms with Gasteiger partial charge in [0.1, 0.15) is 11.5 Å². The second-order valence-electron chi connectivity index (χ2n) is 13.6. The highest BCUT2D eigenvalue weighted by Gasteiger charge is 2.31. The first kappa shape index (κ1) is 39.4. The van der Waals surface area contributed by atoms with E-state index in [2.05, 4.69) is 10.0 Å². The van der Waals surface area contributed by atoms with Gasteiger partial charge in [0.2, 0.25) is 0 Å². The first-order chi connectivity index (χ1) is 25.4. The maximum atomic E-state index is 14.5. The van der Waals surface area contributed by atoms with E-state index < -0.39 is 28.1 Å². The van der Waals surface area contributed by atoms with E-state index in [1.807, 2.05) is 56.3 Å². The molecule has 0 saturated heterocycles. The topological polar surface area (TPSA) is 147 Å². The number of carbonyl (C=O) groups excluding carboxylic acids is 2. The Hall–Kier alpha value is -4.85. The summed E-state index contributed by atoms with van der Waals surface area (Å²) in [6, 6.07) is 23.3. The third-order valence-electron chi connectivity index (χ3n) is 9.51. The molecule has 3 amide bonds. The summed E-state index contributed by atoms with van der Waals surface area (Å²) in [5.74, 6) is 0.114. The van der Waals surface area contributed by atoms with Crippen LogP contribution in [0.3, 0.4) is 0 Å². The molecule has 0 radical (unpaired) electrons. The molecule has 0 saturated carbocycles. The van der Waals surface area contributed by atoms with Gasteiger partial charge in [-0.2, -0.15) is 0 Å². The summed E-state index contributed by atoms with van der Waals surface area (Å²) in [7, 11) is -0.797. The van der Waals surface area contributed by atoms with Crippen molar-refractivity contribution < 1.29 is 37.3 Å². The van der Waals surface area contributed by atoms with E-state index in [4.69, 9.17) is 14.2 Å². The maximum absolute atomic E-state index is 14.5. The quantitative estimate of drug-likeness (QED) is 0.174. The fraction of sp³-hybridized carbons (Fsp3) is 0.400. The number of nitrogens with zero attached hydrogens (tertiary/aromatic N) is 2. The molecule has 4 aromatic rings. The minimum Gasteiger partial charge on any atom is -0.497 e. The molecule has 13 heteroatoms. The van der Waals surface area contributed by atoms with Crippen molar-refractivity contribution in [3.63, 3.8) is 0 Å². The van der Waals surface area contributed by atoms with Crippen molar-refractivity contribution >= 4 is 44.1 Å². The van der Waals surface area contributed by atoms with Gasteiger partial charge in [-0.05, 0) is 87.0 Å². The molecule has 53 heavy (non-hydrogen) atoms. The standard InChI is InChI=1S/C40H50N4O8S/c1-27-24-44(28(2)26-45)39(46)35-23-31(42-53(48,49)33-19-17-32(50-5)18-20-33)16-21-37(35)52-29(3)11-8-9-22-51-38(27)25-43(4)40(47)41-36-15-10-13-30-12-6-7-14-34(30)36/h6-7,10,12-21,23,27-29,38,42,45H,8-9,11,22,24-26H2,1-5H3,(H,41,47)/t27-,28-,29-,38+/m0/s1. The van der Waals surface area contributed by atoms with Gasteiger partial charge in [-0.3, -0.25) is 9.52 Å². The van der Waals surface area contributed by atoms with E-state index in [9.17, 15) is 23.1 Å². The highest BCUT2D eigenvalue weighted by Crippen LogP contribution is 2.30. The Morgan fingerprint density at radius 1 is 1.04 bits per heavy atom. The minimum atomic E-state index is -4.01. The van der Waals surface area contributed by atoms with Crippen LogP contribution in [0.5, 0.6) is 11.5 Å². The Morgan fingerprint density at radius 3 is 2.51 bits per heavy atom. The lowest BCUT2D eigenvalue weighted by Gasteiger charge is -2.35. The lowest BCUT2D eigenvalue weighted by Crippen LogP contribution is -2.48. The molecule has 0 aliphatic carbocycles. The summed E-state index contributed by atoms with van der Waals surface area (Å²) in [5.41, 5.74) is 1.03. The zero-order valence-corrected chi connectivity index (χ0v) is 31.8. The third kappa shape index (κ3) is 9.98. The number of ether oxygens (including phenoxy) is 3. The first-order valence-corrected chi connectivity index (χ1v) is 19.4. The van der Waals surface area contributed by atoms with Crippen LogP contribution in [0.2, 0.25) is 0 Å². The molecular formula is C40H50N4O8S. The van der Waals surface area contributed by atoms with E-state index in [1.165, 1.54) is 25.3 Å². The molecule has 1 heterocycles. The van der Waals surface area contributed by atoms with Gasteiger partial charge >= 0.3 is 6.03 Å². The minimum absolute atomic E-state index is 0.0285. The number of benzene rings is 4. The summed E-state index contributed by atoms with van der Waals surface area (Å²) in [6.07, 6.45) is 1.55. The Morgan fingerprint density at radius 2 is 1.77 bits per heavy atom. The second-order valence-corrected chi connectivity index (χ2v) is 15.3. The first-order valence-electron chi connectivity index (χ1n) is 17.9. The largest absolute Gasteiger partial charge is 0.497 e. The fourth-order valence-electron chi connectivity index (χ4n) is 6.32. The number of rotatable bonds is 9. The maximum Gasteiger partial charge on any atom is 0.321 e. The van der Waals surface area contributed by atoms with Gasteiger partial charge in [0.25, 0.3) is 15.9 Å². The second kappa shape index (κ2) is 17.8. The molecule has 0 spiro atoms. The number of sulfonamides is 1. The van der Waals surface area contributed by atoms with Crippen molar-refractivity contribution in [3.8, 4) is 11.5 Å². The van der Waals surface area contributed by atoms with Crippen LogP contribution in [0.25, 0.3) is 10.8 Å². The van der Waals surface area contributed by atoms with Gasteiger partial charge in [-0.25, -0.2) is 13.2 Å². The van der Waals surface area contributed by atoms with E-state index in [-0.39, 0.29) is 53.9 Å². The van der Waals surface area contributed by atoms with E-state index >= 15 is 0 Å². The molecule has 1 aliphatic rings. The van der Waals surface area contributed by atoms with Gasteiger partial charge in [-0.15, -0.1) is 0 Å². The van der Waals surface area contributed by atoms with Crippen LogP contribution in [0.4, 0.5) is 16.2 Å². The summed E-state index contributed by atoms with van der Waals surface area (Å²) < 4.78 is 47.1. The number of hydrogen-bond acceptors (Lipinski definition) is 8. The number of anilines is 2. The molecule has 0 aromatic heterocycles. The Bertz CT molecular complexity index is 1970. The predicted molar refractivity (Wildman–Crippen MR) is 206 cm³/mol. The molecule has 5 rings (SSSR count). The highest BCUT2D eigenvalue weighted by molar-refractivity contribution is 7.92. The van der Waals surface area contributed by atoms with E-state index in [0.717, 1.165) is 23.6 Å². The lowest BCUT2D eigenvalue weighted by atomic mass is 10.0. The van der Waals surface area contributed by atoms with Crippen LogP contribution in [-0.4, -0.2) is 94.0 Å². The molecule has 12 nitrogen and oxygen atoms in total. The number of methoxy groups -OCH3 is 1. The number of amides is 3. The number of aliphatic hydroxyl groups is 1. The van der Waals surface area contributed by atoms with Crippen LogP contribution in [0.1, 0.15) is 50.4 Å². The zero-order valence-electron chi connectivity index (χ0n) is 30.9. The van der Waals surface area contributed by atoms with Gasteiger partial charge < -0.3 is 34.4 Å². The smallest absolute Gasteiger partial charge is 0.321 e. The fourth-order valence-corrected chi connectivity index (χ4v) is 7.36. The van der Waals surface area contributed by atoms with Crippen LogP contribution >= 0.6 is 0 Å². The van der Waals surface area contributed by atoms with Crippen molar-refractivity contribution in [2.75, 3.05) is 50.5 Å². The Labute approximate surface area is 312 Å². The van der Waals surface area contributed by atoms with Crippen molar-refractivity contribution in [3.05, 3.63) is 90.5 Å². The summed E-state index contributed by atoms with van der Waals surface area (Å²) in [5, 5.41) is 15.3. The number of fused-ring (bicyclic) bond motifs is 2. The highest BCUT2D eigenvalue weighted by atomic mass is 32.2. The van der Waals surface area contributed by atoms with Crippen molar-refractivity contribution in [2.24, 2.45) is 5.92 Å².